The molecule has 0 aliphatic carbocycles. The van der Waals surface area contributed by atoms with Gasteiger partial charge in [0, 0.05) is 125 Å². The van der Waals surface area contributed by atoms with Crippen molar-refractivity contribution in [2.24, 2.45) is 33.7 Å². The fourth-order valence-corrected chi connectivity index (χ4v) is 1.27. The quantitative estimate of drug-likeness (QED) is 0.0816. The molecule has 0 saturated carbocycles. The molecule has 134 valence electrons. The van der Waals surface area contributed by atoms with Crippen LogP contribution in [0.3, 0.4) is 0 Å². The third-order valence-corrected chi connectivity index (χ3v) is 2.57. The van der Waals surface area contributed by atoms with E-state index >= 15 is 0 Å². The maximum Gasteiger partial charge on any atom is 0.320 e. The summed E-state index contributed by atoms with van der Waals surface area (Å²) >= 11 is 0. The molecule has 0 aliphatic heterocycles. The van der Waals surface area contributed by atoms with E-state index in [9.17, 15) is 9.59 Å². The molecule has 0 bridgehead atoms. The molecular formula is C12H28CaKN6NaO4. The van der Waals surface area contributed by atoms with Crippen LogP contribution in [0.5, 0.6) is 0 Å². The number of hydrogen-bond acceptors (Lipinski definition) is 6. The van der Waals surface area contributed by atoms with E-state index in [4.69, 9.17) is 38.9 Å². The number of carboxylic acids is 2. The number of guanidine groups is 1. The molecule has 10 nitrogen and oxygen atoms in total. The Balaban J connectivity index is -0.0000000964. The van der Waals surface area contributed by atoms with Gasteiger partial charge in [-0.25, -0.2) is 0 Å². The minimum Gasteiger partial charge on any atom is -0.480 e. The second kappa shape index (κ2) is 26.0. The summed E-state index contributed by atoms with van der Waals surface area (Å²) in [5.41, 5.74) is 25.7. The van der Waals surface area contributed by atoms with Crippen molar-refractivity contribution in [3.8, 4) is 0 Å². The van der Waals surface area contributed by atoms with Crippen LogP contribution in [-0.4, -0.2) is 172 Å². The molecule has 0 rings (SSSR count). The first-order valence-electron chi connectivity index (χ1n) is 6.94. The van der Waals surface area contributed by atoms with Gasteiger partial charge in [0.05, 0.1) is 0 Å². The van der Waals surface area contributed by atoms with E-state index in [1.54, 1.807) is 0 Å². The van der Waals surface area contributed by atoms with Crippen molar-refractivity contribution in [2.45, 2.75) is 44.2 Å². The molecule has 2 atom stereocenters. The largest absolute Gasteiger partial charge is 0.480 e. The fraction of sp³-hybridized carbons (Fsp3) is 0.750. The zero-order valence-electron chi connectivity index (χ0n) is 15.4. The van der Waals surface area contributed by atoms with Gasteiger partial charge in [0.2, 0.25) is 0 Å². The average molecular weight is 423 g/mol. The molecule has 0 unspecified atom stereocenters. The average Bonchev–Trinajstić information content (AvgIpc) is 2.43. The minimum atomic E-state index is -1.00. The van der Waals surface area contributed by atoms with Crippen molar-refractivity contribution in [2.75, 3.05) is 13.1 Å². The number of rotatable bonds is 10. The topological polar surface area (TPSA) is 217 Å². The molecule has 0 aliphatic rings. The molecule has 0 saturated heterocycles. The molecule has 0 fully saturated rings. The van der Waals surface area contributed by atoms with Crippen LogP contribution in [0.2, 0.25) is 0 Å². The van der Waals surface area contributed by atoms with E-state index in [0.29, 0.717) is 32.4 Å². The van der Waals surface area contributed by atoms with Crippen LogP contribution in [-0.2, 0) is 9.59 Å². The Kier molecular flexibility index (Phi) is 39.2. The monoisotopic (exact) mass is 422 g/mol. The maximum absolute atomic E-state index is 10.2. The second-order valence-corrected chi connectivity index (χ2v) is 4.62. The second-order valence-electron chi connectivity index (χ2n) is 4.62. The molecule has 0 amide bonds. The van der Waals surface area contributed by atoms with Crippen molar-refractivity contribution in [1.82, 2.24) is 0 Å². The van der Waals surface area contributed by atoms with Gasteiger partial charge in [0.15, 0.2) is 5.96 Å². The first-order chi connectivity index (χ1) is 10.2. The Morgan fingerprint density at radius 3 is 1.64 bits per heavy atom. The summed E-state index contributed by atoms with van der Waals surface area (Å²) in [4.78, 5) is 24.0. The molecule has 25 heavy (non-hydrogen) atoms. The molecule has 0 spiro atoms. The summed E-state index contributed by atoms with van der Waals surface area (Å²) < 4.78 is 0. The Bertz CT molecular complexity index is 364. The van der Waals surface area contributed by atoms with Crippen LogP contribution in [0, 0.1) is 0 Å². The van der Waals surface area contributed by atoms with Gasteiger partial charge >= 0.3 is 11.9 Å². The zero-order chi connectivity index (χ0) is 17.5. The minimum absolute atomic E-state index is 0. The van der Waals surface area contributed by atoms with Crippen LogP contribution in [0.1, 0.15) is 32.1 Å². The van der Waals surface area contributed by atoms with Gasteiger partial charge in [-0.2, -0.15) is 0 Å². The third-order valence-electron chi connectivity index (χ3n) is 2.57. The number of nitrogens with zero attached hydrogens (tertiary/aromatic N) is 1. The van der Waals surface area contributed by atoms with Crippen molar-refractivity contribution in [3.05, 3.63) is 0 Å². The van der Waals surface area contributed by atoms with E-state index in [2.05, 4.69) is 4.99 Å². The van der Waals surface area contributed by atoms with Gasteiger partial charge in [-0.05, 0) is 32.2 Å². The van der Waals surface area contributed by atoms with E-state index in [1.807, 2.05) is 0 Å². The Hall–Kier alpha value is 1.99. The van der Waals surface area contributed by atoms with Gasteiger partial charge in [0.25, 0.3) is 0 Å². The third kappa shape index (κ3) is 30.9. The Morgan fingerprint density at radius 2 is 1.32 bits per heavy atom. The van der Waals surface area contributed by atoms with Gasteiger partial charge < -0.3 is 38.9 Å². The van der Waals surface area contributed by atoms with Crippen LogP contribution in [0.15, 0.2) is 4.99 Å². The summed E-state index contributed by atoms with van der Waals surface area (Å²) in [7, 11) is 0. The van der Waals surface area contributed by atoms with Crippen molar-refractivity contribution < 1.29 is 19.8 Å². The van der Waals surface area contributed by atoms with Crippen LogP contribution in [0.4, 0.5) is 0 Å². The molecule has 4 radical (unpaired) electrons. The van der Waals surface area contributed by atoms with Crippen LogP contribution in [0.25, 0.3) is 0 Å². The van der Waals surface area contributed by atoms with Crippen molar-refractivity contribution >= 4 is 137 Å². The first kappa shape index (κ1) is 37.7. The molecule has 12 N–H and O–H groups in total. The van der Waals surface area contributed by atoms with Gasteiger partial charge in [-0.3, -0.25) is 14.6 Å². The number of carbonyl (C=O) groups is 2. The predicted molar refractivity (Wildman–Crippen MR) is 101 cm³/mol. The van der Waals surface area contributed by atoms with Crippen LogP contribution < -0.4 is 28.7 Å². The van der Waals surface area contributed by atoms with Crippen LogP contribution >= 0.6 is 0 Å². The normalized spacial score (nSPS) is 11.0. The fourth-order valence-electron chi connectivity index (χ4n) is 1.27. The predicted octanol–water partition coefficient (Wildman–Crippen LogP) is -3.16. The van der Waals surface area contributed by atoms with E-state index < -0.39 is 24.0 Å². The number of aliphatic imine (C=N–C) groups is 1. The molecule has 13 heteroatoms. The molecule has 0 aromatic heterocycles. The van der Waals surface area contributed by atoms with Gasteiger partial charge in [0.1, 0.15) is 12.1 Å². The van der Waals surface area contributed by atoms with E-state index in [-0.39, 0.29) is 125 Å². The molecule has 0 aromatic carbocycles. The summed E-state index contributed by atoms with van der Waals surface area (Å²) in [5, 5.41) is 16.7. The summed E-state index contributed by atoms with van der Waals surface area (Å²) in [6.07, 6.45) is 3.12. The number of aliphatic carboxylic acids is 2. The first-order valence-corrected chi connectivity index (χ1v) is 6.94. The number of unbranched alkanes of at least 4 members (excludes halogenated alkanes) is 1. The Morgan fingerprint density at radius 1 is 0.920 bits per heavy atom. The molecule has 0 aromatic rings. The number of hydrogen-bond donors (Lipinski definition) is 7. The zero-order valence-corrected chi connectivity index (χ0v) is 22.7. The molecular weight excluding hydrogens is 394 g/mol. The van der Waals surface area contributed by atoms with Gasteiger partial charge in [-0.15, -0.1) is 0 Å². The van der Waals surface area contributed by atoms with E-state index in [1.165, 1.54) is 0 Å². The maximum atomic E-state index is 10.2. The van der Waals surface area contributed by atoms with Crippen molar-refractivity contribution in [1.29, 1.82) is 0 Å². The smallest absolute Gasteiger partial charge is 0.320 e. The number of nitrogens with two attached hydrogens (primary N) is 5. The summed E-state index contributed by atoms with van der Waals surface area (Å²) in [6.45, 7) is 1.02. The summed E-state index contributed by atoms with van der Waals surface area (Å²) in [6, 6.07) is -1.54. The van der Waals surface area contributed by atoms with Crippen molar-refractivity contribution in [3.63, 3.8) is 0 Å². The van der Waals surface area contributed by atoms with Gasteiger partial charge in [-0.1, -0.05) is 6.42 Å². The Labute approximate surface area is 243 Å². The summed E-state index contributed by atoms with van der Waals surface area (Å²) in [5.74, 6) is -1.92. The standard InChI is InChI=1S/C6H14N4O2.C6H14N2O2.Ca.K.Na/c7-4(5(11)12)2-1-3-10-6(8)9;7-4-2-1-3-5(8)6(9)10;;;/h4H,1-3,7H2,(H,11,12)(H4,8,9,10);5H,1-4,7-8H2,(H,9,10);;;/t4-;5-;;;/m00.../s1. The molecule has 0 heterocycles. The van der Waals surface area contributed by atoms with E-state index in [0.717, 1.165) is 12.8 Å². The number of carboxylic acid groups (broad SMARTS) is 2. The SMILES string of the molecule is NC(N)=NCCC[C@H](N)C(=O)O.NCCCC[C@H](N)C(=O)O.[Ca].[K].[Na].